The topological polar surface area (TPSA) is 102 Å². The molecule has 1 amide bonds. The maximum atomic E-state index is 13.2. The van der Waals surface area contributed by atoms with Gasteiger partial charge >= 0.3 is 0 Å². The minimum Gasteiger partial charge on any atom is -0.486 e. The second kappa shape index (κ2) is 9.09. The summed E-state index contributed by atoms with van der Waals surface area (Å²) in [6, 6.07) is 12.3. The van der Waals surface area contributed by atoms with Gasteiger partial charge in [-0.15, -0.1) is 0 Å². The molecular formula is C23H29N3O5S. The highest BCUT2D eigenvalue weighted by Gasteiger charge is 2.31. The van der Waals surface area contributed by atoms with Crippen molar-refractivity contribution in [1.29, 1.82) is 0 Å². The molecule has 0 aromatic heterocycles. The van der Waals surface area contributed by atoms with Gasteiger partial charge in [-0.2, -0.15) is 0 Å². The number of sulfonamides is 1. The minimum atomic E-state index is -3.73. The van der Waals surface area contributed by atoms with Crippen molar-refractivity contribution in [1.82, 2.24) is 9.80 Å². The molecule has 2 heterocycles. The standard InChI is InChI=1S/C23H29N3O5S/c1-16(17-5-8-19(9-6-17)32(24,28)29)25(2)15-23(27)26-11-3-4-20(26)18-7-10-21-22(14-18)31-13-12-30-21/h5-10,14,16,20H,3-4,11-13,15H2,1-2H3,(H2,24,28,29)/t16-,20-/m1/s1. The second-order valence-corrected chi connectivity index (χ2v) is 9.91. The van der Waals surface area contributed by atoms with Crippen LogP contribution in [0.25, 0.3) is 0 Å². The van der Waals surface area contributed by atoms with Crippen molar-refractivity contribution in [2.75, 3.05) is 33.4 Å². The van der Waals surface area contributed by atoms with Crippen LogP contribution in [0.4, 0.5) is 0 Å². The Labute approximate surface area is 189 Å². The lowest BCUT2D eigenvalue weighted by molar-refractivity contribution is -0.133. The zero-order chi connectivity index (χ0) is 22.9. The van der Waals surface area contributed by atoms with Gasteiger partial charge in [0.1, 0.15) is 13.2 Å². The number of nitrogens with zero attached hydrogens (tertiary/aromatic N) is 2. The smallest absolute Gasteiger partial charge is 0.238 e. The number of carbonyl (C=O) groups is 1. The summed E-state index contributed by atoms with van der Waals surface area (Å²) in [5, 5.41) is 5.17. The van der Waals surface area contributed by atoms with E-state index in [1.54, 1.807) is 12.1 Å². The van der Waals surface area contributed by atoms with E-state index in [9.17, 15) is 13.2 Å². The predicted octanol–water partition coefficient (Wildman–Crippen LogP) is 2.46. The van der Waals surface area contributed by atoms with Gasteiger partial charge in [0.05, 0.1) is 17.5 Å². The molecule has 0 radical (unpaired) electrons. The molecule has 1 saturated heterocycles. The fraction of sp³-hybridized carbons (Fsp3) is 0.435. The van der Waals surface area contributed by atoms with Crippen LogP contribution in [-0.4, -0.2) is 57.5 Å². The van der Waals surface area contributed by atoms with Gasteiger partial charge in [0, 0.05) is 12.6 Å². The first kappa shape index (κ1) is 22.6. The summed E-state index contributed by atoms with van der Waals surface area (Å²) in [7, 11) is -1.83. The highest BCUT2D eigenvalue weighted by atomic mass is 32.2. The van der Waals surface area contributed by atoms with Crippen LogP contribution in [0.2, 0.25) is 0 Å². The van der Waals surface area contributed by atoms with E-state index in [-0.39, 0.29) is 29.4 Å². The third-order valence-electron chi connectivity index (χ3n) is 6.26. The Morgan fingerprint density at radius 1 is 1.16 bits per heavy atom. The number of likely N-dealkylation sites (tertiary alicyclic amines) is 1. The molecule has 0 spiro atoms. The quantitative estimate of drug-likeness (QED) is 0.712. The number of likely N-dealkylation sites (N-methyl/N-ethyl adjacent to an activating group) is 1. The van der Waals surface area contributed by atoms with E-state index in [1.807, 2.05) is 42.0 Å². The van der Waals surface area contributed by atoms with E-state index in [1.165, 1.54) is 12.1 Å². The monoisotopic (exact) mass is 459 g/mol. The minimum absolute atomic E-state index is 0.0241. The summed E-state index contributed by atoms with van der Waals surface area (Å²) in [5.41, 5.74) is 1.98. The van der Waals surface area contributed by atoms with Crippen molar-refractivity contribution < 1.29 is 22.7 Å². The predicted molar refractivity (Wildman–Crippen MR) is 120 cm³/mol. The van der Waals surface area contributed by atoms with E-state index in [4.69, 9.17) is 14.6 Å². The molecule has 0 saturated carbocycles. The number of nitrogens with two attached hydrogens (primary N) is 1. The lowest BCUT2D eigenvalue weighted by Gasteiger charge is -2.30. The summed E-state index contributed by atoms with van der Waals surface area (Å²) in [4.78, 5) is 17.2. The number of hydrogen-bond acceptors (Lipinski definition) is 6. The van der Waals surface area contributed by atoms with Gasteiger partial charge in [0.15, 0.2) is 11.5 Å². The molecule has 2 N–H and O–H groups in total. The normalized spacial score (nSPS) is 19.2. The van der Waals surface area contributed by atoms with E-state index in [0.717, 1.165) is 42.0 Å². The molecule has 9 heteroatoms. The number of benzene rings is 2. The number of fused-ring (bicyclic) bond motifs is 1. The van der Waals surface area contributed by atoms with Crippen LogP contribution < -0.4 is 14.6 Å². The lowest BCUT2D eigenvalue weighted by Crippen LogP contribution is -2.39. The highest BCUT2D eigenvalue weighted by molar-refractivity contribution is 7.89. The van der Waals surface area contributed by atoms with E-state index < -0.39 is 10.0 Å². The zero-order valence-electron chi connectivity index (χ0n) is 18.4. The molecular weight excluding hydrogens is 430 g/mol. The van der Waals surface area contributed by atoms with Gasteiger partial charge in [-0.25, -0.2) is 13.6 Å². The first-order chi connectivity index (χ1) is 15.2. The summed E-state index contributed by atoms with van der Waals surface area (Å²) in [6.45, 7) is 4.06. The van der Waals surface area contributed by atoms with Crippen molar-refractivity contribution >= 4 is 15.9 Å². The molecule has 0 unspecified atom stereocenters. The molecule has 2 atom stereocenters. The third-order valence-corrected chi connectivity index (χ3v) is 7.19. The molecule has 8 nitrogen and oxygen atoms in total. The molecule has 2 aromatic carbocycles. The summed E-state index contributed by atoms with van der Waals surface area (Å²) in [6.07, 6.45) is 1.87. The van der Waals surface area contributed by atoms with E-state index >= 15 is 0 Å². The molecule has 2 aromatic rings. The van der Waals surface area contributed by atoms with Crippen LogP contribution in [0.5, 0.6) is 11.5 Å². The highest BCUT2D eigenvalue weighted by Crippen LogP contribution is 2.38. The fourth-order valence-electron chi connectivity index (χ4n) is 4.31. The van der Waals surface area contributed by atoms with Crippen LogP contribution in [-0.2, 0) is 14.8 Å². The lowest BCUT2D eigenvalue weighted by atomic mass is 10.0. The summed E-state index contributed by atoms with van der Waals surface area (Å²) in [5.74, 6) is 1.55. The second-order valence-electron chi connectivity index (χ2n) is 8.35. The van der Waals surface area contributed by atoms with Gasteiger partial charge in [-0.05, 0) is 62.2 Å². The van der Waals surface area contributed by atoms with E-state index in [2.05, 4.69) is 0 Å². The van der Waals surface area contributed by atoms with Crippen LogP contribution in [0.1, 0.15) is 43.0 Å². The van der Waals surface area contributed by atoms with Crippen molar-refractivity contribution in [3.05, 3.63) is 53.6 Å². The molecule has 0 bridgehead atoms. The van der Waals surface area contributed by atoms with Gasteiger partial charge in [0.25, 0.3) is 0 Å². The number of rotatable bonds is 6. The molecule has 32 heavy (non-hydrogen) atoms. The Kier molecular flexibility index (Phi) is 6.41. The van der Waals surface area contributed by atoms with Gasteiger partial charge in [-0.3, -0.25) is 9.69 Å². The zero-order valence-corrected chi connectivity index (χ0v) is 19.2. The van der Waals surface area contributed by atoms with Crippen molar-refractivity contribution in [2.45, 2.75) is 36.7 Å². The average molecular weight is 460 g/mol. The molecule has 172 valence electrons. The molecule has 1 fully saturated rings. The number of ether oxygens (including phenoxy) is 2. The fourth-order valence-corrected chi connectivity index (χ4v) is 4.83. The Bertz CT molecular complexity index is 1090. The molecule has 2 aliphatic rings. The van der Waals surface area contributed by atoms with Crippen molar-refractivity contribution in [3.8, 4) is 11.5 Å². The third kappa shape index (κ3) is 4.74. The molecule has 0 aliphatic carbocycles. The van der Waals surface area contributed by atoms with Crippen LogP contribution in [0.15, 0.2) is 47.4 Å². The van der Waals surface area contributed by atoms with Gasteiger partial charge < -0.3 is 14.4 Å². The van der Waals surface area contributed by atoms with Gasteiger partial charge in [-0.1, -0.05) is 18.2 Å². The number of hydrogen-bond donors (Lipinski definition) is 1. The van der Waals surface area contributed by atoms with E-state index in [0.29, 0.717) is 13.2 Å². The number of amides is 1. The number of carbonyl (C=O) groups excluding carboxylic acids is 1. The largest absolute Gasteiger partial charge is 0.486 e. The Morgan fingerprint density at radius 2 is 1.84 bits per heavy atom. The average Bonchev–Trinajstić information content (AvgIpc) is 3.28. The maximum absolute atomic E-state index is 13.2. The first-order valence-corrected chi connectivity index (χ1v) is 12.3. The summed E-state index contributed by atoms with van der Waals surface area (Å²) < 4.78 is 34.3. The molecule has 2 aliphatic heterocycles. The Hall–Kier alpha value is -2.62. The van der Waals surface area contributed by atoms with Crippen LogP contribution in [0.3, 0.4) is 0 Å². The first-order valence-electron chi connectivity index (χ1n) is 10.8. The van der Waals surface area contributed by atoms with Gasteiger partial charge in [0.2, 0.25) is 15.9 Å². The SMILES string of the molecule is C[C@H](c1ccc(S(N)(=O)=O)cc1)N(C)CC(=O)N1CCC[C@@H]1c1ccc2c(c1)OCCO2. The molecule has 4 rings (SSSR count). The maximum Gasteiger partial charge on any atom is 0.238 e. The van der Waals surface area contributed by atoms with Crippen molar-refractivity contribution in [2.24, 2.45) is 5.14 Å². The van der Waals surface area contributed by atoms with Crippen molar-refractivity contribution in [3.63, 3.8) is 0 Å². The Morgan fingerprint density at radius 3 is 2.53 bits per heavy atom. The Balaban J connectivity index is 1.43. The van der Waals surface area contributed by atoms with Crippen LogP contribution in [0, 0.1) is 0 Å². The summed E-state index contributed by atoms with van der Waals surface area (Å²) >= 11 is 0. The van der Waals surface area contributed by atoms with Crippen LogP contribution >= 0.6 is 0 Å². The number of primary sulfonamides is 1.